The van der Waals surface area contributed by atoms with Crippen LogP contribution in [0.2, 0.25) is 0 Å². The first-order valence-corrected chi connectivity index (χ1v) is 5.32. The SMILES string of the molecule is OCCc1cccc(F)c1OCC1CC1. The van der Waals surface area contributed by atoms with Gasteiger partial charge in [0, 0.05) is 6.61 Å². The maximum Gasteiger partial charge on any atom is 0.165 e. The Morgan fingerprint density at radius 3 is 2.87 bits per heavy atom. The van der Waals surface area contributed by atoms with Gasteiger partial charge in [-0.05, 0) is 36.8 Å². The number of ether oxygens (including phenoxy) is 1. The molecule has 0 unspecified atom stereocenters. The summed E-state index contributed by atoms with van der Waals surface area (Å²) in [6, 6.07) is 4.83. The van der Waals surface area contributed by atoms with E-state index in [0.717, 1.165) is 5.56 Å². The molecule has 2 rings (SSSR count). The fourth-order valence-electron chi connectivity index (χ4n) is 1.52. The van der Waals surface area contributed by atoms with E-state index in [1.165, 1.54) is 18.9 Å². The quantitative estimate of drug-likeness (QED) is 0.806. The standard InChI is InChI=1S/C12H15FO2/c13-11-3-1-2-10(6-7-14)12(11)15-8-9-4-5-9/h1-3,9,14H,4-8H2. The van der Waals surface area contributed by atoms with E-state index in [9.17, 15) is 4.39 Å². The third-order valence-electron chi connectivity index (χ3n) is 2.59. The topological polar surface area (TPSA) is 29.5 Å². The molecule has 2 nitrogen and oxygen atoms in total. The van der Waals surface area contributed by atoms with Crippen molar-refractivity contribution in [2.45, 2.75) is 19.3 Å². The number of halogens is 1. The molecule has 82 valence electrons. The average Bonchev–Trinajstić information content (AvgIpc) is 3.01. The molecule has 0 aliphatic heterocycles. The molecule has 3 heteroatoms. The van der Waals surface area contributed by atoms with Crippen LogP contribution in [0.25, 0.3) is 0 Å². The van der Waals surface area contributed by atoms with E-state index in [1.807, 2.05) is 0 Å². The largest absolute Gasteiger partial charge is 0.490 e. The van der Waals surface area contributed by atoms with Crippen molar-refractivity contribution in [3.8, 4) is 5.75 Å². The van der Waals surface area contributed by atoms with Crippen LogP contribution in [-0.4, -0.2) is 18.3 Å². The molecule has 15 heavy (non-hydrogen) atoms. The zero-order valence-corrected chi connectivity index (χ0v) is 8.58. The molecule has 0 bridgehead atoms. The molecule has 0 heterocycles. The Morgan fingerprint density at radius 2 is 2.20 bits per heavy atom. The summed E-state index contributed by atoms with van der Waals surface area (Å²) in [4.78, 5) is 0. The third kappa shape index (κ3) is 2.69. The molecule has 1 N–H and O–H groups in total. The van der Waals surface area contributed by atoms with Crippen molar-refractivity contribution in [3.63, 3.8) is 0 Å². The second-order valence-electron chi connectivity index (χ2n) is 3.96. The predicted octanol–water partition coefficient (Wildman–Crippen LogP) is 2.15. The van der Waals surface area contributed by atoms with Gasteiger partial charge in [0.05, 0.1) is 6.61 Å². The minimum absolute atomic E-state index is 0.0171. The molecule has 1 saturated carbocycles. The van der Waals surface area contributed by atoms with E-state index in [4.69, 9.17) is 9.84 Å². The van der Waals surface area contributed by atoms with Gasteiger partial charge in [0.2, 0.25) is 0 Å². The van der Waals surface area contributed by atoms with Gasteiger partial charge >= 0.3 is 0 Å². The molecule has 1 aromatic carbocycles. The number of rotatable bonds is 5. The van der Waals surface area contributed by atoms with Crippen LogP contribution in [0.15, 0.2) is 18.2 Å². The van der Waals surface area contributed by atoms with Crippen molar-refractivity contribution < 1.29 is 14.2 Å². The van der Waals surface area contributed by atoms with Gasteiger partial charge in [-0.25, -0.2) is 4.39 Å². The highest BCUT2D eigenvalue weighted by Crippen LogP contribution is 2.31. The summed E-state index contributed by atoms with van der Waals surface area (Å²) in [6.45, 7) is 0.614. The van der Waals surface area contributed by atoms with Crippen molar-refractivity contribution >= 4 is 0 Å². The van der Waals surface area contributed by atoms with Crippen LogP contribution in [-0.2, 0) is 6.42 Å². The first-order chi connectivity index (χ1) is 7.31. The van der Waals surface area contributed by atoms with Gasteiger partial charge in [0.15, 0.2) is 11.6 Å². The Balaban J connectivity index is 2.09. The van der Waals surface area contributed by atoms with E-state index >= 15 is 0 Å². The lowest BCUT2D eigenvalue weighted by Crippen LogP contribution is -2.05. The van der Waals surface area contributed by atoms with Gasteiger partial charge in [-0.3, -0.25) is 0 Å². The van der Waals surface area contributed by atoms with Crippen LogP contribution < -0.4 is 4.74 Å². The summed E-state index contributed by atoms with van der Waals surface area (Å²) < 4.78 is 18.9. The summed E-state index contributed by atoms with van der Waals surface area (Å²) in [5.41, 5.74) is 0.748. The summed E-state index contributed by atoms with van der Waals surface area (Å²) in [6.07, 6.45) is 2.81. The molecule has 0 radical (unpaired) electrons. The normalized spacial score (nSPS) is 15.3. The van der Waals surface area contributed by atoms with Gasteiger partial charge in [-0.15, -0.1) is 0 Å². The highest BCUT2D eigenvalue weighted by Gasteiger charge is 2.23. The first-order valence-electron chi connectivity index (χ1n) is 5.32. The van der Waals surface area contributed by atoms with Crippen molar-refractivity contribution in [1.82, 2.24) is 0 Å². The number of para-hydroxylation sites is 1. The maximum absolute atomic E-state index is 13.4. The number of aliphatic hydroxyl groups excluding tert-OH is 1. The second kappa shape index (κ2) is 4.62. The van der Waals surface area contributed by atoms with Crippen LogP contribution >= 0.6 is 0 Å². The number of hydrogen-bond acceptors (Lipinski definition) is 2. The van der Waals surface area contributed by atoms with E-state index in [-0.39, 0.29) is 12.4 Å². The second-order valence-corrected chi connectivity index (χ2v) is 3.96. The third-order valence-corrected chi connectivity index (χ3v) is 2.59. The molecular formula is C12H15FO2. The van der Waals surface area contributed by atoms with Crippen LogP contribution in [0.3, 0.4) is 0 Å². The Kier molecular flexibility index (Phi) is 3.21. The Morgan fingerprint density at radius 1 is 1.40 bits per heavy atom. The lowest BCUT2D eigenvalue weighted by atomic mass is 10.1. The molecule has 0 saturated heterocycles. The van der Waals surface area contributed by atoms with Crippen LogP contribution in [0.1, 0.15) is 18.4 Å². The summed E-state index contributed by atoms with van der Waals surface area (Å²) >= 11 is 0. The zero-order chi connectivity index (χ0) is 10.7. The van der Waals surface area contributed by atoms with Crippen molar-refractivity contribution in [1.29, 1.82) is 0 Å². The fourth-order valence-corrected chi connectivity index (χ4v) is 1.52. The number of aliphatic hydroxyl groups is 1. The highest BCUT2D eigenvalue weighted by atomic mass is 19.1. The molecule has 1 aliphatic carbocycles. The van der Waals surface area contributed by atoms with E-state index in [1.54, 1.807) is 12.1 Å². The summed E-state index contributed by atoms with van der Waals surface area (Å²) in [5.74, 6) is 0.589. The monoisotopic (exact) mass is 210 g/mol. The Hall–Kier alpha value is -1.09. The molecule has 1 aliphatic rings. The smallest absolute Gasteiger partial charge is 0.165 e. The summed E-state index contributed by atoms with van der Waals surface area (Å²) in [5, 5.41) is 8.85. The zero-order valence-electron chi connectivity index (χ0n) is 8.58. The predicted molar refractivity (Wildman–Crippen MR) is 55.4 cm³/mol. The van der Waals surface area contributed by atoms with Crippen molar-refractivity contribution in [2.75, 3.05) is 13.2 Å². The summed E-state index contributed by atoms with van der Waals surface area (Å²) in [7, 11) is 0. The molecule has 0 spiro atoms. The highest BCUT2D eigenvalue weighted by molar-refractivity contribution is 5.35. The Bertz CT molecular complexity index is 334. The minimum atomic E-state index is -0.332. The van der Waals surface area contributed by atoms with Crippen LogP contribution in [0.4, 0.5) is 4.39 Å². The molecule has 0 aromatic heterocycles. The van der Waals surface area contributed by atoms with E-state index < -0.39 is 0 Å². The van der Waals surface area contributed by atoms with Gasteiger partial charge in [-0.2, -0.15) is 0 Å². The van der Waals surface area contributed by atoms with Gasteiger partial charge in [0.25, 0.3) is 0 Å². The molecule has 1 aromatic rings. The lowest BCUT2D eigenvalue weighted by Gasteiger charge is -2.11. The molecule has 0 amide bonds. The molecular weight excluding hydrogens is 195 g/mol. The van der Waals surface area contributed by atoms with E-state index in [0.29, 0.717) is 24.7 Å². The minimum Gasteiger partial charge on any atom is -0.490 e. The lowest BCUT2D eigenvalue weighted by molar-refractivity contribution is 0.272. The number of benzene rings is 1. The molecule has 1 fully saturated rings. The van der Waals surface area contributed by atoms with Gasteiger partial charge in [-0.1, -0.05) is 12.1 Å². The average molecular weight is 210 g/mol. The first kappa shape index (κ1) is 10.4. The van der Waals surface area contributed by atoms with Gasteiger partial charge in [0.1, 0.15) is 0 Å². The van der Waals surface area contributed by atoms with Crippen molar-refractivity contribution in [2.24, 2.45) is 5.92 Å². The van der Waals surface area contributed by atoms with Crippen molar-refractivity contribution in [3.05, 3.63) is 29.6 Å². The van der Waals surface area contributed by atoms with Crippen LogP contribution in [0, 0.1) is 11.7 Å². The van der Waals surface area contributed by atoms with Gasteiger partial charge < -0.3 is 9.84 Å². The maximum atomic E-state index is 13.4. The Labute approximate surface area is 88.7 Å². The number of hydrogen-bond donors (Lipinski definition) is 1. The molecule has 0 atom stereocenters. The fraction of sp³-hybridized carbons (Fsp3) is 0.500. The van der Waals surface area contributed by atoms with E-state index in [2.05, 4.69) is 0 Å². The van der Waals surface area contributed by atoms with Crippen LogP contribution in [0.5, 0.6) is 5.75 Å².